The first-order valence-corrected chi connectivity index (χ1v) is 6.36. The lowest BCUT2D eigenvalue weighted by molar-refractivity contribution is -0.150. The van der Waals surface area contributed by atoms with Crippen LogP contribution in [0.2, 0.25) is 0 Å². The molecule has 0 saturated heterocycles. The number of hydrogen-bond donors (Lipinski definition) is 2. The first kappa shape index (κ1) is 13.3. The maximum atomic E-state index is 11.5. The third kappa shape index (κ3) is 2.81. The number of hydrogen-bond acceptors (Lipinski definition) is 5. The van der Waals surface area contributed by atoms with E-state index in [1.54, 1.807) is 0 Å². The van der Waals surface area contributed by atoms with E-state index in [2.05, 4.69) is 15.3 Å². The Hall–Kier alpha value is -2.16. The SMILES string of the molecule is N#Cc1nccnc1NCC1(C(=O)O)CCCCC1. The van der Waals surface area contributed by atoms with Crippen LogP contribution in [-0.4, -0.2) is 27.6 Å². The van der Waals surface area contributed by atoms with Crippen LogP contribution in [0.3, 0.4) is 0 Å². The van der Waals surface area contributed by atoms with E-state index in [4.69, 9.17) is 5.26 Å². The van der Waals surface area contributed by atoms with Crippen molar-refractivity contribution in [3.05, 3.63) is 18.1 Å². The third-order valence-electron chi connectivity index (χ3n) is 3.66. The summed E-state index contributed by atoms with van der Waals surface area (Å²) in [6.07, 6.45) is 7.20. The normalized spacial score (nSPS) is 17.4. The van der Waals surface area contributed by atoms with Crippen molar-refractivity contribution in [2.45, 2.75) is 32.1 Å². The molecular weight excluding hydrogens is 244 g/mol. The predicted molar refractivity (Wildman–Crippen MR) is 68.4 cm³/mol. The summed E-state index contributed by atoms with van der Waals surface area (Å²) < 4.78 is 0. The molecule has 0 aromatic carbocycles. The fourth-order valence-electron chi connectivity index (χ4n) is 2.50. The molecule has 0 aliphatic heterocycles. The Labute approximate surface area is 111 Å². The summed E-state index contributed by atoms with van der Waals surface area (Å²) in [6, 6.07) is 1.94. The van der Waals surface area contributed by atoms with Crippen LogP contribution in [0.15, 0.2) is 12.4 Å². The highest BCUT2D eigenvalue weighted by molar-refractivity contribution is 5.75. The molecule has 1 aliphatic rings. The van der Waals surface area contributed by atoms with Gasteiger partial charge in [-0.15, -0.1) is 0 Å². The van der Waals surface area contributed by atoms with Crippen LogP contribution in [0.25, 0.3) is 0 Å². The van der Waals surface area contributed by atoms with Crippen molar-refractivity contribution in [3.8, 4) is 6.07 Å². The van der Waals surface area contributed by atoms with Crippen LogP contribution in [0.4, 0.5) is 5.82 Å². The average Bonchev–Trinajstić information content (AvgIpc) is 2.46. The van der Waals surface area contributed by atoms with Gasteiger partial charge in [0.2, 0.25) is 0 Å². The zero-order valence-corrected chi connectivity index (χ0v) is 10.6. The van der Waals surface area contributed by atoms with Gasteiger partial charge in [0.25, 0.3) is 0 Å². The molecule has 6 nitrogen and oxygen atoms in total. The highest BCUT2D eigenvalue weighted by Gasteiger charge is 2.39. The van der Waals surface area contributed by atoms with Crippen molar-refractivity contribution in [1.82, 2.24) is 9.97 Å². The lowest BCUT2D eigenvalue weighted by Crippen LogP contribution is -2.40. The van der Waals surface area contributed by atoms with Gasteiger partial charge in [0, 0.05) is 18.9 Å². The monoisotopic (exact) mass is 260 g/mol. The number of rotatable bonds is 4. The number of carboxylic acid groups (broad SMARTS) is 1. The van der Waals surface area contributed by atoms with E-state index in [0.29, 0.717) is 18.7 Å². The highest BCUT2D eigenvalue weighted by Crippen LogP contribution is 2.36. The molecule has 1 fully saturated rings. The van der Waals surface area contributed by atoms with E-state index in [1.165, 1.54) is 12.4 Å². The van der Waals surface area contributed by atoms with Crippen LogP contribution in [-0.2, 0) is 4.79 Å². The van der Waals surface area contributed by atoms with Crippen LogP contribution in [0.5, 0.6) is 0 Å². The summed E-state index contributed by atoms with van der Waals surface area (Å²) in [6.45, 7) is 0.287. The molecule has 1 aromatic rings. The topological polar surface area (TPSA) is 98.9 Å². The predicted octanol–water partition coefficient (Wildman–Crippen LogP) is 1.80. The number of anilines is 1. The zero-order chi connectivity index (χ0) is 13.7. The molecule has 1 aliphatic carbocycles. The molecular formula is C13H16N4O2. The Morgan fingerprint density at radius 3 is 2.68 bits per heavy atom. The van der Waals surface area contributed by atoms with Crippen molar-refractivity contribution >= 4 is 11.8 Å². The molecule has 0 spiro atoms. The largest absolute Gasteiger partial charge is 0.481 e. The number of carboxylic acids is 1. The van der Waals surface area contributed by atoms with E-state index in [-0.39, 0.29) is 12.2 Å². The molecule has 6 heteroatoms. The summed E-state index contributed by atoms with van der Waals surface area (Å²) in [5.41, 5.74) is -0.554. The fourth-order valence-corrected chi connectivity index (χ4v) is 2.50. The third-order valence-corrected chi connectivity index (χ3v) is 3.66. The molecule has 0 bridgehead atoms. The fraction of sp³-hybridized carbons (Fsp3) is 0.538. The Morgan fingerprint density at radius 2 is 2.05 bits per heavy atom. The standard InChI is InChI=1S/C13H16N4O2/c14-8-10-11(16-7-6-15-10)17-9-13(12(18)19)4-2-1-3-5-13/h6-7H,1-5,9H2,(H,16,17)(H,18,19). The van der Waals surface area contributed by atoms with Crippen LogP contribution in [0, 0.1) is 16.7 Å². The summed E-state index contributed by atoms with van der Waals surface area (Å²) >= 11 is 0. The van der Waals surface area contributed by atoms with Crippen molar-refractivity contribution in [3.63, 3.8) is 0 Å². The molecule has 19 heavy (non-hydrogen) atoms. The Morgan fingerprint density at radius 1 is 1.37 bits per heavy atom. The van der Waals surface area contributed by atoms with Gasteiger partial charge in [-0.1, -0.05) is 19.3 Å². The molecule has 0 amide bonds. The lowest BCUT2D eigenvalue weighted by atomic mass is 9.74. The van der Waals surface area contributed by atoms with Crippen molar-refractivity contribution in [1.29, 1.82) is 5.26 Å². The number of aromatic nitrogens is 2. The van der Waals surface area contributed by atoms with E-state index in [1.807, 2.05) is 6.07 Å². The lowest BCUT2D eigenvalue weighted by Gasteiger charge is -2.33. The van der Waals surface area contributed by atoms with Crippen LogP contribution < -0.4 is 5.32 Å². The van der Waals surface area contributed by atoms with Gasteiger partial charge in [0.1, 0.15) is 6.07 Å². The number of nitriles is 1. The van der Waals surface area contributed by atoms with Gasteiger partial charge in [-0.05, 0) is 12.8 Å². The summed E-state index contributed by atoms with van der Waals surface area (Å²) in [5.74, 6) is -0.418. The smallest absolute Gasteiger partial charge is 0.311 e. The van der Waals surface area contributed by atoms with Gasteiger partial charge in [-0.2, -0.15) is 5.26 Å². The molecule has 2 N–H and O–H groups in total. The molecule has 1 saturated carbocycles. The molecule has 100 valence electrons. The first-order chi connectivity index (χ1) is 9.18. The van der Waals surface area contributed by atoms with Gasteiger partial charge < -0.3 is 10.4 Å². The minimum atomic E-state index is -0.776. The average molecular weight is 260 g/mol. The molecule has 2 rings (SSSR count). The van der Waals surface area contributed by atoms with E-state index in [9.17, 15) is 9.90 Å². The summed E-state index contributed by atoms with van der Waals surface area (Å²) in [7, 11) is 0. The van der Waals surface area contributed by atoms with E-state index >= 15 is 0 Å². The number of nitrogens with zero attached hydrogens (tertiary/aromatic N) is 3. The van der Waals surface area contributed by atoms with E-state index in [0.717, 1.165) is 19.3 Å². The molecule has 1 aromatic heterocycles. The minimum Gasteiger partial charge on any atom is -0.481 e. The molecule has 1 heterocycles. The van der Waals surface area contributed by atoms with Gasteiger partial charge in [-0.3, -0.25) is 4.79 Å². The van der Waals surface area contributed by atoms with Crippen LogP contribution >= 0.6 is 0 Å². The van der Waals surface area contributed by atoms with Crippen molar-refractivity contribution in [2.75, 3.05) is 11.9 Å². The highest BCUT2D eigenvalue weighted by atomic mass is 16.4. The Bertz CT molecular complexity index is 504. The van der Waals surface area contributed by atoms with Crippen LogP contribution in [0.1, 0.15) is 37.8 Å². The molecule has 0 unspecified atom stereocenters. The van der Waals surface area contributed by atoms with Gasteiger partial charge in [0.05, 0.1) is 5.41 Å². The summed E-state index contributed by atoms with van der Waals surface area (Å²) in [4.78, 5) is 19.4. The zero-order valence-electron chi connectivity index (χ0n) is 10.6. The molecule has 0 radical (unpaired) electrons. The van der Waals surface area contributed by atoms with Gasteiger partial charge in [-0.25, -0.2) is 9.97 Å². The Balaban J connectivity index is 2.11. The minimum absolute atomic E-state index is 0.193. The number of carbonyl (C=O) groups is 1. The van der Waals surface area contributed by atoms with Gasteiger partial charge >= 0.3 is 5.97 Å². The quantitative estimate of drug-likeness (QED) is 0.856. The van der Waals surface area contributed by atoms with Crippen molar-refractivity contribution in [2.24, 2.45) is 5.41 Å². The maximum Gasteiger partial charge on any atom is 0.311 e. The van der Waals surface area contributed by atoms with Gasteiger partial charge in [0.15, 0.2) is 11.5 Å². The van der Waals surface area contributed by atoms with E-state index < -0.39 is 11.4 Å². The maximum absolute atomic E-state index is 11.5. The number of aliphatic carboxylic acids is 1. The second-order valence-electron chi connectivity index (χ2n) is 4.87. The first-order valence-electron chi connectivity index (χ1n) is 6.36. The second-order valence-corrected chi connectivity index (χ2v) is 4.87. The Kier molecular flexibility index (Phi) is 3.95. The number of nitrogens with one attached hydrogen (secondary N) is 1. The van der Waals surface area contributed by atoms with Crippen molar-refractivity contribution < 1.29 is 9.90 Å². The summed E-state index contributed by atoms with van der Waals surface area (Å²) in [5, 5.41) is 21.4. The second kappa shape index (κ2) is 5.65. The molecule has 0 atom stereocenters.